The molecule has 2 aromatic rings. The number of para-hydroxylation sites is 2. The summed E-state index contributed by atoms with van der Waals surface area (Å²) in [5.41, 5.74) is 4.58. The van der Waals surface area contributed by atoms with Crippen molar-refractivity contribution in [2.45, 2.75) is 26.7 Å². The quantitative estimate of drug-likeness (QED) is 0.851. The lowest BCUT2D eigenvalue weighted by Crippen LogP contribution is -2.17. The first-order valence-corrected chi connectivity index (χ1v) is 7.77. The summed E-state index contributed by atoms with van der Waals surface area (Å²) in [4.78, 5) is 12.0. The molecule has 0 saturated heterocycles. The Hall–Kier alpha value is -2.80. The van der Waals surface area contributed by atoms with Gasteiger partial charge in [0.05, 0.1) is 11.3 Å². The maximum atomic E-state index is 12.0. The molecule has 0 spiro atoms. The van der Waals surface area contributed by atoms with Gasteiger partial charge in [-0.05, 0) is 36.6 Å². The minimum Gasteiger partial charge on any atom is -0.384 e. The van der Waals surface area contributed by atoms with Crippen molar-refractivity contribution < 1.29 is 4.79 Å². The SMILES string of the molecule is CCc1cccc(C)c1NCCC(=O)Nc1ccccc1C#N. The first-order valence-electron chi connectivity index (χ1n) is 7.77. The van der Waals surface area contributed by atoms with E-state index in [0.29, 0.717) is 24.2 Å². The Balaban J connectivity index is 1.92. The Morgan fingerprint density at radius 3 is 2.70 bits per heavy atom. The number of benzene rings is 2. The van der Waals surface area contributed by atoms with Crippen molar-refractivity contribution in [2.24, 2.45) is 0 Å². The second-order valence-corrected chi connectivity index (χ2v) is 5.34. The van der Waals surface area contributed by atoms with Crippen LogP contribution in [0.15, 0.2) is 42.5 Å². The van der Waals surface area contributed by atoms with Gasteiger partial charge in [0.15, 0.2) is 0 Å². The number of rotatable bonds is 6. The average Bonchev–Trinajstić information content (AvgIpc) is 2.56. The summed E-state index contributed by atoms with van der Waals surface area (Å²) in [6.45, 7) is 4.73. The van der Waals surface area contributed by atoms with Gasteiger partial charge < -0.3 is 10.6 Å². The summed E-state index contributed by atoms with van der Waals surface area (Å²) in [7, 11) is 0. The molecule has 2 rings (SSSR count). The van der Waals surface area contributed by atoms with Crippen molar-refractivity contribution in [2.75, 3.05) is 17.2 Å². The first-order chi connectivity index (χ1) is 11.2. The number of aryl methyl sites for hydroxylation is 2. The Morgan fingerprint density at radius 2 is 1.96 bits per heavy atom. The van der Waals surface area contributed by atoms with Gasteiger partial charge in [-0.3, -0.25) is 4.79 Å². The standard InChI is InChI=1S/C19H21N3O/c1-3-15-9-6-7-14(2)19(15)21-12-11-18(23)22-17-10-5-4-8-16(17)13-20/h4-10,21H,3,11-12H2,1-2H3,(H,22,23). The zero-order valence-electron chi connectivity index (χ0n) is 13.5. The van der Waals surface area contributed by atoms with E-state index >= 15 is 0 Å². The van der Waals surface area contributed by atoms with Crippen molar-refractivity contribution in [3.8, 4) is 6.07 Å². The number of nitrogens with zero attached hydrogens (tertiary/aromatic N) is 1. The molecule has 2 aromatic carbocycles. The molecule has 0 aromatic heterocycles. The average molecular weight is 307 g/mol. The van der Waals surface area contributed by atoms with Crippen LogP contribution in [0.2, 0.25) is 0 Å². The van der Waals surface area contributed by atoms with Crippen LogP contribution < -0.4 is 10.6 Å². The molecule has 0 heterocycles. The normalized spacial score (nSPS) is 9.96. The van der Waals surface area contributed by atoms with Crippen molar-refractivity contribution in [3.05, 3.63) is 59.2 Å². The van der Waals surface area contributed by atoms with Gasteiger partial charge >= 0.3 is 0 Å². The molecule has 0 aliphatic carbocycles. The fourth-order valence-corrected chi connectivity index (χ4v) is 2.48. The third kappa shape index (κ3) is 4.33. The van der Waals surface area contributed by atoms with Crippen LogP contribution in [0, 0.1) is 18.3 Å². The third-order valence-electron chi connectivity index (χ3n) is 3.72. The Kier molecular flexibility index (Phi) is 5.76. The van der Waals surface area contributed by atoms with Gasteiger partial charge in [-0.25, -0.2) is 0 Å². The summed E-state index contributed by atoms with van der Waals surface area (Å²) < 4.78 is 0. The molecule has 0 atom stereocenters. The summed E-state index contributed by atoms with van der Waals surface area (Å²) >= 11 is 0. The van der Waals surface area contributed by atoms with Gasteiger partial charge in [0.1, 0.15) is 6.07 Å². The molecule has 0 unspecified atom stereocenters. The van der Waals surface area contributed by atoms with Gasteiger partial charge in [-0.2, -0.15) is 5.26 Å². The molecule has 23 heavy (non-hydrogen) atoms. The molecule has 118 valence electrons. The van der Waals surface area contributed by atoms with Gasteiger partial charge in [0, 0.05) is 18.7 Å². The topological polar surface area (TPSA) is 64.9 Å². The van der Waals surface area contributed by atoms with Crippen LogP contribution in [-0.4, -0.2) is 12.5 Å². The maximum Gasteiger partial charge on any atom is 0.226 e. The van der Waals surface area contributed by atoms with E-state index in [9.17, 15) is 4.79 Å². The van der Waals surface area contributed by atoms with Crippen LogP contribution in [0.5, 0.6) is 0 Å². The van der Waals surface area contributed by atoms with Crippen LogP contribution in [0.1, 0.15) is 30.0 Å². The van der Waals surface area contributed by atoms with E-state index in [1.165, 1.54) is 11.1 Å². The predicted octanol–water partition coefficient (Wildman–Crippen LogP) is 3.87. The van der Waals surface area contributed by atoms with Crippen LogP contribution >= 0.6 is 0 Å². The molecule has 0 fully saturated rings. The van der Waals surface area contributed by atoms with E-state index < -0.39 is 0 Å². The van der Waals surface area contributed by atoms with Crippen molar-refractivity contribution in [1.29, 1.82) is 5.26 Å². The molecule has 0 saturated carbocycles. The lowest BCUT2D eigenvalue weighted by molar-refractivity contribution is -0.115. The van der Waals surface area contributed by atoms with E-state index in [4.69, 9.17) is 5.26 Å². The molecule has 4 heteroatoms. The van der Waals surface area contributed by atoms with Gasteiger partial charge in [0.25, 0.3) is 0 Å². The zero-order valence-corrected chi connectivity index (χ0v) is 13.5. The minimum absolute atomic E-state index is 0.105. The van der Waals surface area contributed by atoms with E-state index in [-0.39, 0.29) is 5.91 Å². The number of hydrogen-bond donors (Lipinski definition) is 2. The second kappa shape index (κ2) is 8.00. The summed E-state index contributed by atoms with van der Waals surface area (Å²) in [5, 5.41) is 15.2. The molecular formula is C19H21N3O. The highest BCUT2D eigenvalue weighted by Gasteiger charge is 2.07. The highest BCUT2D eigenvalue weighted by atomic mass is 16.1. The minimum atomic E-state index is -0.105. The highest BCUT2D eigenvalue weighted by molar-refractivity contribution is 5.92. The summed E-state index contributed by atoms with van der Waals surface area (Å²) in [6, 6.07) is 15.3. The number of nitriles is 1. The van der Waals surface area contributed by atoms with Crippen LogP contribution in [0.3, 0.4) is 0 Å². The molecule has 0 radical (unpaired) electrons. The second-order valence-electron chi connectivity index (χ2n) is 5.34. The smallest absolute Gasteiger partial charge is 0.226 e. The van der Waals surface area contributed by atoms with Crippen molar-refractivity contribution >= 4 is 17.3 Å². The lowest BCUT2D eigenvalue weighted by atomic mass is 10.1. The van der Waals surface area contributed by atoms with E-state index in [0.717, 1.165) is 12.1 Å². The zero-order chi connectivity index (χ0) is 16.7. The molecule has 0 bridgehead atoms. The molecule has 1 amide bonds. The van der Waals surface area contributed by atoms with Crippen molar-refractivity contribution in [1.82, 2.24) is 0 Å². The van der Waals surface area contributed by atoms with Crippen molar-refractivity contribution in [3.63, 3.8) is 0 Å². The van der Waals surface area contributed by atoms with Gasteiger partial charge in [-0.1, -0.05) is 37.3 Å². The van der Waals surface area contributed by atoms with Crippen LogP contribution in [0.25, 0.3) is 0 Å². The number of amides is 1. The maximum absolute atomic E-state index is 12.0. The first kappa shape index (κ1) is 16.6. The fourth-order valence-electron chi connectivity index (χ4n) is 2.48. The van der Waals surface area contributed by atoms with Crippen LogP contribution in [0.4, 0.5) is 11.4 Å². The molecular weight excluding hydrogens is 286 g/mol. The van der Waals surface area contributed by atoms with E-state index in [2.05, 4.69) is 42.7 Å². The van der Waals surface area contributed by atoms with Gasteiger partial charge in [0.2, 0.25) is 5.91 Å². The molecule has 2 N–H and O–H groups in total. The third-order valence-corrected chi connectivity index (χ3v) is 3.72. The Morgan fingerprint density at radius 1 is 1.17 bits per heavy atom. The lowest BCUT2D eigenvalue weighted by Gasteiger charge is -2.14. The number of nitrogens with one attached hydrogen (secondary N) is 2. The molecule has 4 nitrogen and oxygen atoms in total. The number of hydrogen-bond acceptors (Lipinski definition) is 3. The number of anilines is 2. The Labute approximate surface area is 137 Å². The summed E-state index contributed by atoms with van der Waals surface area (Å²) in [6.07, 6.45) is 1.29. The predicted molar refractivity (Wildman–Crippen MR) is 93.5 cm³/mol. The molecule has 0 aliphatic rings. The number of carbonyl (C=O) groups is 1. The monoisotopic (exact) mass is 307 g/mol. The van der Waals surface area contributed by atoms with Gasteiger partial charge in [-0.15, -0.1) is 0 Å². The highest BCUT2D eigenvalue weighted by Crippen LogP contribution is 2.21. The molecule has 0 aliphatic heterocycles. The largest absolute Gasteiger partial charge is 0.384 e. The summed E-state index contributed by atoms with van der Waals surface area (Å²) in [5.74, 6) is -0.105. The number of carbonyl (C=O) groups excluding carboxylic acids is 1. The fraction of sp³-hybridized carbons (Fsp3) is 0.263. The van der Waals surface area contributed by atoms with E-state index in [1.54, 1.807) is 24.3 Å². The Bertz CT molecular complexity index is 732. The van der Waals surface area contributed by atoms with Crippen LogP contribution in [-0.2, 0) is 11.2 Å². The van der Waals surface area contributed by atoms with E-state index in [1.807, 2.05) is 6.07 Å².